The SMILES string of the molecule is CO/N=C(\Nc1ccccc1)NC(C)(C)C. The minimum absolute atomic E-state index is 0.0703. The number of rotatable bonds is 2. The van der Waals surface area contributed by atoms with Crippen molar-refractivity contribution in [2.45, 2.75) is 26.3 Å². The van der Waals surface area contributed by atoms with E-state index in [1.807, 2.05) is 30.3 Å². The van der Waals surface area contributed by atoms with Crippen molar-refractivity contribution in [3.05, 3.63) is 30.3 Å². The summed E-state index contributed by atoms with van der Waals surface area (Å²) in [7, 11) is 1.52. The average Bonchev–Trinajstić information content (AvgIpc) is 2.17. The number of nitrogens with one attached hydrogen (secondary N) is 2. The first kappa shape index (κ1) is 12.4. The number of anilines is 1. The third-order valence-electron chi connectivity index (χ3n) is 1.71. The molecule has 1 aromatic rings. The summed E-state index contributed by atoms with van der Waals surface area (Å²) in [5, 5.41) is 10.3. The van der Waals surface area contributed by atoms with Crippen molar-refractivity contribution in [3.63, 3.8) is 0 Å². The van der Waals surface area contributed by atoms with E-state index >= 15 is 0 Å². The lowest BCUT2D eigenvalue weighted by atomic mass is 10.1. The Morgan fingerprint density at radius 3 is 2.31 bits per heavy atom. The first-order valence-electron chi connectivity index (χ1n) is 5.23. The Labute approximate surface area is 96.7 Å². The zero-order chi connectivity index (χ0) is 12.0. The minimum Gasteiger partial charge on any atom is -0.396 e. The number of benzene rings is 1. The summed E-state index contributed by atoms with van der Waals surface area (Å²) in [5.74, 6) is 0.598. The lowest BCUT2D eigenvalue weighted by Gasteiger charge is -2.23. The number of para-hydroxylation sites is 1. The van der Waals surface area contributed by atoms with Gasteiger partial charge in [0.1, 0.15) is 7.11 Å². The highest BCUT2D eigenvalue weighted by Gasteiger charge is 2.12. The van der Waals surface area contributed by atoms with Gasteiger partial charge in [-0.1, -0.05) is 18.2 Å². The number of oxime groups is 1. The van der Waals surface area contributed by atoms with Gasteiger partial charge in [0.05, 0.1) is 0 Å². The summed E-state index contributed by atoms with van der Waals surface area (Å²) in [6.07, 6.45) is 0. The van der Waals surface area contributed by atoms with Crippen LogP contribution in [0.2, 0.25) is 0 Å². The Morgan fingerprint density at radius 1 is 1.19 bits per heavy atom. The van der Waals surface area contributed by atoms with Crippen LogP contribution in [-0.4, -0.2) is 18.6 Å². The van der Waals surface area contributed by atoms with Gasteiger partial charge in [-0.05, 0) is 38.1 Å². The molecule has 2 N–H and O–H groups in total. The highest BCUT2D eigenvalue weighted by molar-refractivity contribution is 5.93. The molecule has 0 aromatic heterocycles. The normalized spacial score (nSPS) is 12.1. The molecular weight excluding hydrogens is 202 g/mol. The molecule has 0 fully saturated rings. The van der Waals surface area contributed by atoms with Gasteiger partial charge >= 0.3 is 0 Å². The van der Waals surface area contributed by atoms with Gasteiger partial charge in [-0.2, -0.15) is 0 Å². The average molecular weight is 221 g/mol. The van der Waals surface area contributed by atoms with E-state index in [0.29, 0.717) is 5.96 Å². The lowest BCUT2D eigenvalue weighted by molar-refractivity contribution is 0.210. The standard InChI is InChI=1S/C12H19N3O/c1-12(2,3)14-11(15-16-4)13-10-8-6-5-7-9-10/h5-9H,1-4H3,(H2,13,14,15). The summed E-state index contributed by atoms with van der Waals surface area (Å²) in [6.45, 7) is 6.18. The molecule has 88 valence electrons. The van der Waals surface area contributed by atoms with Crippen LogP contribution >= 0.6 is 0 Å². The van der Waals surface area contributed by atoms with Crippen molar-refractivity contribution in [2.24, 2.45) is 5.16 Å². The zero-order valence-corrected chi connectivity index (χ0v) is 10.2. The molecule has 0 aliphatic heterocycles. The number of guanidine groups is 1. The third-order valence-corrected chi connectivity index (χ3v) is 1.71. The van der Waals surface area contributed by atoms with Crippen LogP contribution in [0.15, 0.2) is 35.5 Å². The van der Waals surface area contributed by atoms with E-state index in [1.165, 1.54) is 7.11 Å². The van der Waals surface area contributed by atoms with Crippen molar-refractivity contribution < 1.29 is 4.84 Å². The van der Waals surface area contributed by atoms with Crippen LogP contribution in [0, 0.1) is 0 Å². The van der Waals surface area contributed by atoms with E-state index in [9.17, 15) is 0 Å². The smallest absolute Gasteiger partial charge is 0.238 e. The second-order valence-electron chi connectivity index (χ2n) is 4.49. The molecule has 0 heterocycles. The van der Waals surface area contributed by atoms with Gasteiger partial charge in [-0.3, -0.25) is 0 Å². The number of nitrogens with zero attached hydrogens (tertiary/aromatic N) is 1. The molecule has 0 saturated heterocycles. The molecular formula is C12H19N3O. The molecule has 1 rings (SSSR count). The van der Waals surface area contributed by atoms with E-state index in [0.717, 1.165) is 5.69 Å². The second-order valence-corrected chi connectivity index (χ2v) is 4.49. The van der Waals surface area contributed by atoms with Crippen molar-refractivity contribution >= 4 is 11.6 Å². The Balaban J connectivity index is 2.70. The van der Waals surface area contributed by atoms with E-state index in [4.69, 9.17) is 4.84 Å². The monoisotopic (exact) mass is 221 g/mol. The highest BCUT2D eigenvalue weighted by Crippen LogP contribution is 2.06. The van der Waals surface area contributed by atoms with Crippen LogP contribution in [0.3, 0.4) is 0 Å². The van der Waals surface area contributed by atoms with Crippen LogP contribution in [0.1, 0.15) is 20.8 Å². The Morgan fingerprint density at radius 2 is 1.81 bits per heavy atom. The molecule has 0 aliphatic rings. The predicted molar refractivity (Wildman–Crippen MR) is 67.4 cm³/mol. The lowest BCUT2D eigenvalue weighted by Crippen LogP contribution is -2.44. The summed E-state index contributed by atoms with van der Waals surface area (Å²) in [6, 6.07) is 9.83. The van der Waals surface area contributed by atoms with E-state index in [2.05, 4.69) is 36.6 Å². The Kier molecular flexibility index (Phi) is 4.17. The summed E-state index contributed by atoms with van der Waals surface area (Å²) >= 11 is 0. The first-order valence-corrected chi connectivity index (χ1v) is 5.23. The molecule has 0 aliphatic carbocycles. The van der Waals surface area contributed by atoms with Crippen LogP contribution in [0.5, 0.6) is 0 Å². The summed E-state index contributed by atoms with van der Waals surface area (Å²) < 4.78 is 0. The van der Waals surface area contributed by atoms with Crippen molar-refractivity contribution in [3.8, 4) is 0 Å². The molecule has 0 spiro atoms. The number of hydrogen-bond acceptors (Lipinski definition) is 2. The van der Waals surface area contributed by atoms with Gasteiger partial charge < -0.3 is 15.5 Å². The quantitative estimate of drug-likeness (QED) is 0.458. The maximum atomic E-state index is 4.79. The topological polar surface area (TPSA) is 45.6 Å². The van der Waals surface area contributed by atoms with Gasteiger partial charge in [-0.15, -0.1) is 0 Å². The fourth-order valence-corrected chi connectivity index (χ4v) is 1.18. The molecule has 1 aromatic carbocycles. The molecule has 4 nitrogen and oxygen atoms in total. The maximum Gasteiger partial charge on any atom is 0.238 e. The summed E-state index contributed by atoms with van der Waals surface area (Å²) in [4.78, 5) is 4.79. The fraction of sp³-hybridized carbons (Fsp3) is 0.417. The van der Waals surface area contributed by atoms with Crippen molar-refractivity contribution in [1.82, 2.24) is 5.32 Å². The van der Waals surface area contributed by atoms with E-state index < -0.39 is 0 Å². The van der Waals surface area contributed by atoms with Gasteiger partial charge in [0.2, 0.25) is 5.96 Å². The highest BCUT2D eigenvalue weighted by atomic mass is 16.6. The maximum absolute atomic E-state index is 4.79. The third kappa shape index (κ3) is 4.68. The van der Waals surface area contributed by atoms with Gasteiger partial charge in [-0.25, -0.2) is 0 Å². The summed E-state index contributed by atoms with van der Waals surface area (Å²) in [5.41, 5.74) is 0.897. The Hall–Kier alpha value is -1.71. The molecule has 4 heteroatoms. The van der Waals surface area contributed by atoms with Gasteiger partial charge in [0.15, 0.2) is 0 Å². The molecule has 0 radical (unpaired) electrons. The van der Waals surface area contributed by atoms with Crippen molar-refractivity contribution in [2.75, 3.05) is 12.4 Å². The molecule has 0 atom stereocenters. The molecule has 0 saturated carbocycles. The molecule has 0 amide bonds. The first-order chi connectivity index (χ1) is 7.51. The Bertz CT molecular complexity index is 341. The van der Waals surface area contributed by atoms with Gasteiger partial charge in [0, 0.05) is 11.2 Å². The molecule has 16 heavy (non-hydrogen) atoms. The minimum atomic E-state index is -0.0703. The van der Waals surface area contributed by atoms with E-state index in [1.54, 1.807) is 0 Å². The molecule has 0 bridgehead atoms. The fourth-order valence-electron chi connectivity index (χ4n) is 1.18. The van der Waals surface area contributed by atoms with Crippen LogP contribution in [0.4, 0.5) is 5.69 Å². The van der Waals surface area contributed by atoms with Crippen LogP contribution < -0.4 is 10.6 Å². The molecule has 0 unspecified atom stereocenters. The number of hydrogen-bond donors (Lipinski definition) is 2. The van der Waals surface area contributed by atoms with Crippen LogP contribution in [0.25, 0.3) is 0 Å². The second kappa shape index (κ2) is 5.39. The zero-order valence-electron chi connectivity index (χ0n) is 10.2. The van der Waals surface area contributed by atoms with Gasteiger partial charge in [0.25, 0.3) is 0 Å². The van der Waals surface area contributed by atoms with E-state index in [-0.39, 0.29) is 5.54 Å². The largest absolute Gasteiger partial charge is 0.396 e. The van der Waals surface area contributed by atoms with Crippen LogP contribution in [-0.2, 0) is 4.84 Å². The predicted octanol–water partition coefficient (Wildman–Crippen LogP) is 2.40. The van der Waals surface area contributed by atoms with Crippen molar-refractivity contribution in [1.29, 1.82) is 0 Å².